The summed E-state index contributed by atoms with van der Waals surface area (Å²) in [5.74, 6) is -0.546. The molecule has 1 aromatic rings. The van der Waals surface area contributed by atoms with Crippen LogP contribution in [-0.4, -0.2) is 17.7 Å². The molecule has 0 atom stereocenters. The molecule has 0 aliphatic rings. The summed E-state index contributed by atoms with van der Waals surface area (Å²) in [6.07, 6.45) is 3.98. The lowest BCUT2D eigenvalue weighted by atomic mass is 10.2. The predicted molar refractivity (Wildman–Crippen MR) is 67.1 cm³/mol. The van der Waals surface area contributed by atoms with Crippen molar-refractivity contribution >= 4 is 5.97 Å². The molecule has 0 heterocycles. The summed E-state index contributed by atoms with van der Waals surface area (Å²) in [5.41, 5.74) is 1.41. The van der Waals surface area contributed by atoms with Gasteiger partial charge >= 0.3 is 5.97 Å². The number of phenolic OH excluding ortho intramolecular Hbond substituents is 1. The highest BCUT2D eigenvalue weighted by molar-refractivity contribution is 5.92. The van der Waals surface area contributed by atoms with Gasteiger partial charge in [0.15, 0.2) is 0 Å². The summed E-state index contributed by atoms with van der Waals surface area (Å²) >= 11 is 0. The van der Waals surface area contributed by atoms with E-state index >= 15 is 0 Å². The Morgan fingerprint density at radius 1 is 1.41 bits per heavy atom. The fraction of sp³-hybridized carbons (Fsp3) is 0.357. The lowest BCUT2D eigenvalue weighted by Crippen LogP contribution is -2.05. The first-order valence-electron chi connectivity index (χ1n) is 5.76. The van der Waals surface area contributed by atoms with Crippen LogP contribution in [0.15, 0.2) is 35.9 Å². The molecular formula is C14H18O3. The molecule has 1 N–H and O–H groups in total. The van der Waals surface area contributed by atoms with Gasteiger partial charge in [-0.25, -0.2) is 4.79 Å². The highest BCUT2D eigenvalue weighted by Gasteiger charge is 2.10. The smallest absolute Gasteiger partial charge is 0.342 e. The number of aromatic hydroxyl groups is 1. The zero-order chi connectivity index (χ0) is 12.7. The van der Waals surface area contributed by atoms with Crippen molar-refractivity contribution < 1.29 is 14.6 Å². The maximum absolute atomic E-state index is 11.6. The van der Waals surface area contributed by atoms with Gasteiger partial charge in [-0.15, -0.1) is 0 Å². The molecule has 0 saturated heterocycles. The minimum absolute atomic E-state index is 0.0493. The Hall–Kier alpha value is -1.77. The molecule has 3 heteroatoms. The van der Waals surface area contributed by atoms with Crippen LogP contribution in [0.4, 0.5) is 0 Å². The van der Waals surface area contributed by atoms with Crippen LogP contribution >= 0.6 is 0 Å². The fourth-order valence-corrected chi connectivity index (χ4v) is 1.48. The summed E-state index contributed by atoms with van der Waals surface area (Å²) in [5, 5.41) is 9.46. The zero-order valence-corrected chi connectivity index (χ0v) is 10.3. The maximum Gasteiger partial charge on any atom is 0.342 e. The summed E-state index contributed by atoms with van der Waals surface area (Å²) in [6.45, 7) is 4.36. The van der Waals surface area contributed by atoms with E-state index in [4.69, 9.17) is 4.74 Å². The number of carbonyl (C=O) groups is 1. The van der Waals surface area contributed by atoms with Gasteiger partial charge in [-0.3, -0.25) is 0 Å². The number of esters is 1. The predicted octanol–water partition coefficient (Wildman–Crippen LogP) is 3.30. The number of phenols is 1. The molecule has 0 spiro atoms. The quantitative estimate of drug-likeness (QED) is 0.628. The van der Waals surface area contributed by atoms with Crippen LogP contribution in [0.2, 0.25) is 0 Å². The number of benzene rings is 1. The fourth-order valence-electron chi connectivity index (χ4n) is 1.48. The van der Waals surface area contributed by atoms with Gasteiger partial charge in [0.05, 0.1) is 0 Å². The van der Waals surface area contributed by atoms with E-state index in [0.717, 1.165) is 12.8 Å². The molecule has 0 aliphatic carbocycles. The molecule has 0 amide bonds. The average Bonchev–Trinajstić information content (AvgIpc) is 2.29. The second-order valence-corrected chi connectivity index (χ2v) is 3.92. The summed E-state index contributed by atoms with van der Waals surface area (Å²) in [4.78, 5) is 11.6. The van der Waals surface area contributed by atoms with E-state index in [1.807, 2.05) is 13.0 Å². The molecule has 0 aliphatic heterocycles. The Labute approximate surface area is 102 Å². The second-order valence-electron chi connectivity index (χ2n) is 3.92. The van der Waals surface area contributed by atoms with E-state index < -0.39 is 5.97 Å². The first-order chi connectivity index (χ1) is 8.15. The van der Waals surface area contributed by atoms with Crippen molar-refractivity contribution in [2.45, 2.75) is 26.7 Å². The number of para-hydroxylation sites is 1. The van der Waals surface area contributed by atoms with Crippen molar-refractivity contribution in [3.8, 4) is 5.75 Å². The Morgan fingerprint density at radius 3 is 2.76 bits per heavy atom. The monoisotopic (exact) mass is 234 g/mol. The molecule has 3 nitrogen and oxygen atoms in total. The summed E-state index contributed by atoms with van der Waals surface area (Å²) in [7, 11) is 0. The topological polar surface area (TPSA) is 46.5 Å². The third-order valence-electron chi connectivity index (χ3n) is 2.41. The minimum atomic E-state index is -0.497. The van der Waals surface area contributed by atoms with E-state index in [1.54, 1.807) is 18.2 Å². The number of carbonyl (C=O) groups excluding carboxylic acids is 1. The first kappa shape index (κ1) is 13.3. The SMILES string of the molecule is CCCC(C)=CCOC(=O)c1ccccc1O. The number of rotatable bonds is 5. The van der Waals surface area contributed by atoms with Crippen molar-refractivity contribution in [1.29, 1.82) is 0 Å². The Bertz CT molecular complexity index is 408. The molecule has 0 saturated carbocycles. The average molecular weight is 234 g/mol. The maximum atomic E-state index is 11.6. The lowest BCUT2D eigenvalue weighted by molar-refractivity contribution is 0.0545. The Morgan fingerprint density at radius 2 is 2.12 bits per heavy atom. The van der Waals surface area contributed by atoms with Crippen molar-refractivity contribution in [3.63, 3.8) is 0 Å². The van der Waals surface area contributed by atoms with Gasteiger partial charge in [0.1, 0.15) is 17.9 Å². The van der Waals surface area contributed by atoms with Crippen LogP contribution in [0.25, 0.3) is 0 Å². The van der Waals surface area contributed by atoms with E-state index in [9.17, 15) is 9.90 Å². The molecule has 1 rings (SSSR count). The second kappa shape index (κ2) is 6.74. The molecular weight excluding hydrogens is 216 g/mol. The Kier molecular flexibility index (Phi) is 5.27. The van der Waals surface area contributed by atoms with E-state index in [-0.39, 0.29) is 17.9 Å². The van der Waals surface area contributed by atoms with Crippen LogP contribution < -0.4 is 0 Å². The van der Waals surface area contributed by atoms with Crippen LogP contribution in [0.1, 0.15) is 37.0 Å². The molecule has 17 heavy (non-hydrogen) atoms. The first-order valence-corrected chi connectivity index (χ1v) is 5.76. The number of allylic oxidation sites excluding steroid dienone is 1. The minimum Gasteiger partial charge on any atom is -0.507 e. The highest BCUT2D eigenvalue weighted by Crippen LogP contribution is 2.16. The summed E-state index contributed by atoms with van der Waals surface area (Å²) < 4.78 is 5.05. The highest BCUT2D eigenvalue weighted by atomic mass is 16.5. The van der Waals surface area contributed by atoms with E-state index in [0.29, 0.717) is 0 Å². The third-order valence-corrected chi connectivity index (χ3v) is 2.41. The lowest BCUT2D eigenvalue weighted by Gasteiger charge is -2.04. The molecule has 92 valence electrons. The standard InChI is InChI=1S/C14H18O3/c1-3-6-11(2)9-10-17-14(16)12-7-4-5-8-13(12)15/h4-5,7-9,15H,3,6,10H2,1-2H3. The molecule has 0 unspecified atom stereocenters. The van der Waals surface area contributed by atoms with Gasteiger partial charge in [0, 0.05) is 0 Å². The number of hydrogen-bond acceptors (Lipinski definition) is 3. The molecule has 1 aromatic carbocycles. The number of hydrogen-bond donors (Lipinski definition) is 1. The van der Waals surface area contributed by atoms with E-state index in [1.165, 1.54) is 11.6 Å². The van der Waals surface area contributed by atoms with Gasteiger partial charge in [-0.1, -0.05) is 31.1 Å². The van der Waals surface area contributed by atoms with Crippen LogP contribution in [-0.2, 0) is 4.74 Å². The molecule has 0 fully saturated rings. The van der Waals surface area contributed by atoms with Crippen molar-refractivity contribution in [2.75, 3.05) is 6.61 Å². The van der Waals surface area contributed by atoms with Crippen molar-refractivity contribution in [3.05, 3.63) is 41.5 Å². The van der Waals surface area contributed by atoms with Crippen LogP contribution in [0.5, 0.6) is 5.75 Å². The molecule has 0 bridgehead atoms. The third kappa shape index (κ3) is 4.31. The van der Waals surface area contributed by atoms with Crippen LogP contribution in [0.3, 0.4) is 0 Å². The van der Waals surface area contributed by atoms with Gasteiger partial charge in [-0.05, 0) is 31.6 Å². The van der Waals surface area contributed by atoms with Gasteiger partial charge < -0.3 is 9.84 Å². The van der Waals surface area contributed by atoms with Crippen LogP contribution in [0, 0.1) is 0 Å². The van der Waals surface area contributed by atoms with Gasteiger partial charge in [0.2, 0.25) is 0 Å². The summed E-state index contributed by atoms with van der Waals surface area (Å²) in [6, 6.07) is 6.36. The Balaban J connectivity index is 2.51. The van der Waals surface area contributed by atoms with E-state index in [2.05, 4.69) is 6.92 Å². The number of ether oxygens (including phenoxy) is 1. The van der Waals surface area contributed by atoms with Crippen molar-refractivity contribution in [1.82, 2.24) is 0 Å². The largest absolute Gasteiger partial charge is 0.507 e. The molecule has 0 radical (unpaired) electrons. The normalized spacial score (nSPS) is 11.3. The van der Waals surface area contributed by atoms with Gasteiger partial charge in [-0.2, -0.15) is 0 Å². The van der Waals surface area contributed by atoms with Gasteiger partial charge in [0.25, 0.3) is 0 Å². The van der Waals surface area contributed by atoms with Crippen molar-refractivity contribution in [2.24, 2.45) is 0 Å². The zero-order valence-electron chi connectivity index (χ0n) is 10.3. The molecule has 0 aromatic heterocycles.